The molecule has 0 aliphatic rings. The zero-order chi connectivity index (χ0) is 9.10. The van der Waals surface area contributed by atoms with Crippen molar-refractivity contribution in [2.45, 2.75) is 13.3 Å². The van der Waals surface area contributed by atoms with E-state index >= 15 is 0 Å². The number of hydrogen-bond acceptors (Lipinski definition) is 2. The maximum Gasteiger partial charge on any atom is 0.0896 e. The van der Waals surface area contributed by atoms with Crippen LogP contribution in [0.1, 0.15) is 15.4 Å². The summed E-state index contributed by atoms with van der Waals surface area (Å²) in [6.07, 6.45) is 2.97. The zero-order valence-corrected chi connectivity index (χ0v) is 8.34. The molecule has 2 rings (SSSR count). The Hall–Kier alpha value is -1.15. The fraction of sp³-hybridized carbons (Fsp3) is 0.182. The van der Waals surface area contributed by atoms with E-state index in [-0.39, 0.29) is 0 Å². The molecule has 0 amide bonds. The van der Waals surface area contributed by atoms with Crippen molar-refractivity contribution in [2.75, 3.05) is 0 Å². The number of hydrogen-bond donors (Lipinski definition) is 0. The minimum Gasteiger partial charge on any atom is -0.250 e. The molecule has 0 radical (unpaired) electrons. The number of rotatable bonds is 2. The van der Waals surface area contributed by atoms with Gasteiger partial charge in [-0.05, 0) is 12.5 Å². The van der Waals surface area contributed by atoms with Gasteiger partial charge in [-0.3, -0.25) is 0 Å². The van der Waals surface area contributed by atoms with Crippen LogP contribution in [0.15, 0.2) is 36.5 Å². The van der Waals surface area contributed by atoms with Gasteiger partial charge in [0.2, 0.25) is 0 Å². The molecule has 1 aromatic heterocycles. The second-order valence-corrected chi connectivity index (χ2v) is 4.33. The molecule has 2 aromatic rings. The molecule has 0 unspecified atom stereocenters. The Kier molecular flexibility index (Phi) is 2.41. The van der Waals surface area contributed by atoms with Crippen LogP contribution in [-0.2, 0) is 6.42 Å². The average molecular weight is 189 g/mol. The molecule has 0 atom stereocenters. The first-order chi connectivity index (χ1) is 6.34. The lowest BCUT2D eigenvalue weighted by atomic mass is 10.1. The van der Waals surface area contributed by atoms with E-state index in [0.717, 1.165) is 11.4 Å². The number of aromatic nitrogens is 1. The maximum atomic E-state index is 4.23. The Morgan fingerprint density at radius 1 is 1.23 bits per heavy atom. The molecule has 0 bridgehead atoms. The largest absolute Gasteiger partial charge is 0.250 e. The second-order valence-electron chi connectivity index (χ2n) is 3.01. The molecule has 1 nitrogen and oxygen atoms in total. The Bertz CT molecular complexity index is 378. The number of aryl methyl sites for hydroxylation is 1. The first-order valence-corrected chi connectivity index (χ1v) is 5.11. The van der Waals surface area contributed by atoms with E-state index in [4.69, 9.17) is 0 Å². The minimum atomic E-state index is 1.01. The molecule has 0 saturated heterocycles. The van der Waals surface area contributed by atoms with E-state index in [1.807, 2.05) is 19.2 Å². The molecule has 0 spiro atoms. The molecule has 2 heteroatoms. The van der Waals surface area contributed by atoms with Gasteiger partial charge in [-0.25, -0.2) is 4.98 Å². The normalized spacial score (nSPS) is 10.2. The quantitative estimate of drug-likeness (QED) is 0.707. The predicted molar refractivity (Wildman–Crippen MR) is 56.1 cm³/mol. The molecular weight excluding hydrogens is 178 g/mol. The van der Waals surface area contributed by atoms with E-state index in [1.54, 1.807) is 11.3 Å². The Morgan fingerprint density at radius 2 is 2.00 bits per heavy atom. The average Bonchev–Trinajstić information content (AvgIpc) is 2.53. The van der Waals surface area contributed by atoms with Crippen LogP contribution in [0, 0.1) is 6.92 Å². The Labute approximate surface area is 82.1 Å². The standard InChI is InChI=1S/C11H11NS/c1-9-12-8-11(13-9)7-10-5-3-2-4-6-10/h2-6,8H,7H2,1H3. The Balaban J connectivity index is 2.15. The maximum absolute atomic E-state index is 4.23. The summed E-state index contributed by atoms with van der Waals surface area (Å²) in [6, 6.07) is 10.5. The molecule has 0 N–H and O–H groups in total. The van der Waals surface area contributed by atoms with Crippen molar-refractivity contribution in [1.82, 2.24) is 4.98 Å². The number of nitrogens with zero attached hydrogens (tertiary/aromatic N) is 1. The van der Waals surface area contributed by atoms with Gasteiger partial charge in [-0.1, -0.05) is 30.3 Å². The van der Waals surface area contributed by atoms with Crippen molar-refractivity contribution in [1.29, 1.82) is 0 Å². The van der Waals surface area contributed by atoms with Crippen LogP contribution in [0.4, 0.5) is 0 Å². The summed E-state index contributed by atoms with van der Waals surface area (Å²) in [4.78, 5) is 5.57. The lowest BCUT2D eigenvalue weighted by Crippen LogP contribution is -1.82. The summed E-state index contributed by atoms with van der Waals surface area (Å²) < 4.78 is 0. The third-order valence-corrected chi connectivity index (χ3v) is 2.80. The lowest BCUT2D eigenvalue weighted by molar-refractivity contribution is 1.20. The number of thiazole rings is 1. The van der Waals surface area contributed by atoms with Gasteiger partial charge in [0.1, 0.15) is 0 Å². The fourth-order valence-corrected chi connectivity index (χ4v) is 2.11. The summed E-state index contributed by atoms with van der Waals surface area (Å²) in [5, 5.41) is 1.14. The third-order valence-electron chi connectivity index (χ3n) is 1.89. The fourth-order valence-electron chi connectivity index (χ4n) is 1.28. The SMILES string of the molecule is Cc1ncc(Cc2ccccc2)s1. The van der Waals surface area contributed by atoms with Gasteiger partial charge in [-0.2, -0.15) is 0 Å². The van der Waals surface area contributed by atoms with Crippen LogP contribution in [0.25, 0.3) is 0 Å². The van der Waals surface area contributed by atoms with Gasteiger partial charge in [0.25, 0.3) is 0 Å². The molecule has 0 fully saturated rings. The van der Waals surface area contributed by atoms with Crippen LogP contribution in [-0.4, -0.2) is 4.98 Å². The summed E-state index contributed by atoms with van der Waals surface area (Å²) >= 11 is 1.77. The summed E-state index contributed by atoms with van der Waals surface area (Å²) in [6.45, 7) is 2.04. The molecule has 0 aliphatic carbocycles. The van der Waals surface area contributed by atoms with Gasteiger partial charge >= 0.3 is 0 Å². The molecule has 0 aliphatic heterocycles. The van der Waals surface area contributed by atoms with E-state index < -0.39 is 0 Å². The monoisotopic (exact) mass is 189 g/mol. The van der Waals surface area contributed by atoms with Crippen LogP contribution >= 0.6 is 11.3 Å². The molecule has 0 saturated carbocycles. The summed E-state index contributed by atoms with van der Waals surface area (Å²) in [7, 11) is 0. The summed E-state index contributed by atoms with van der Waals surface area (Å²) in [5.74, 6) is 0. The van der Waals surface area contributed by atoms with Crippen LogP contribution in [0.3, 0.4) is 0 Å². The van der Waals surface area contributed by atoms with Crippen molar-refractivity contribution in [2.24, 2.45) is 0 Å². The smallest absolute Gasteiger partial charge is 0.0896 e. The van der Waals surface area contributed by atoms with Crippen molar-refractivity contribution >= 4 is 11.3 Å². The van der Waals surface area contributed by atoms with E-state index in [9.17, 15) is 0 Å². The zero-order valence-electron chi connectivity index (χ0n) is 7.53. The molecule has 1 heterocycles. The van der Waals surface area contributed by atoms with Crippen molar-refractivity contribution in [3.05, 3.63) is 52.0 Å². The van der Waals surface area contributed by atoms with E-state index in [1.165, 1.54) is 10.4 Å². The van der Waals surface area contributed by atoms with E-state index in [0.29, 0.717) is 0 Å². The van der Waals surface area contributed by atoms with Crippen LogP contribution < -0.4 is 0 Å². The second kappa shape index (κ2) is 3.71. The molecular formula is C11H11NS. The van der Waals surface area contributed by atoms with Crippen LogP contribution in [0.2, 0.25) is 0 Å². The number of benzene rings is 1. The topological polar surface area (TPSA) is 12.9 Å². The van der Waals surface area contributed by atoms with Gasteiger partial charge in [0.05, 0.1) is 5.01 Å². The lowest BCUT2D eigenvalue weighted by Gasteiger charge is -1.95. The minimum absolute atomic E-state index is 1.01. The molecule has 1 aromatic carbocycles. The third kappa shape index (κ3) is 2.16. The highest BCUT2D eigenvalue weighted by Crippen LogP contribution is 2.15. The highest BCUT2D eigenvalue weighted by molar-refractivity contribution is 7.11. The first-order valence-electron chi connectivity index (χ1n) is 4.30. The molecule has 66 valence electrons. The van der Waals surface area contributed by atoms with Gasteiger partial charge < -0.3 is 0 Å². The van der Waals surface area contributed by atoms with Gasteiger partial charge in [0.15, 0.2) is 0 Å². The van der Waals surface area contributed by atoms with E-state index in [2.05, 4.69) is 29.2 Å². The van der Waals surface area contributed by atoms with Crippen LogP contribution in [0.5, 0.6) is 0 Å². The van der Waals surface area contributed by atoms with Gasteiger partial charge in [-0.15, -0.1) is 11.3 Å². The highest BCUT2D eigenvalue weighted by atomic mass is 32.1. The first kappa shape index (κ1) is 8.45. The highest BCUT2D eigenvalue weighted by Gasteiger charge is 1.98. The van der Waals surface area contributed by atoms with Crippen molar-refractivity contribution in [3.63, 3.8) is 0 Å². The molecule has 13 heavy (non-hydrogen) atoms. The van der Waals surface area contributed by atoms with Gasteiger partial charge in [0, 0.05) is 17.5 Å². The Morgan fingerprint density at radius 3 is 2.62 bits per heavy atom. The summed E-state index contributed by atoms with van der Waals surface area (Å²) in [5.41, 5.74) is 1.35. The van der Waals surface area contributed by atoms with Crippen molar-refractivity contribution < 1.29 is 0 Å². The predicted octanol–water partition coefficient (Wildman–Crippen LogP) is 3.04. The van der Waals surface area contributed by atoms with Crippen molar-refractivity contribution in [3.8, 4) is 0 Å².